The molecular formula is C18H18F3NO4. The fourth-order valence-corrected chi connectivity index (χ4v) is 2.34. The average Bonchev–Trinajstić information content (AvgIpc) is 2.58. The normalized spacial score (nSPS) is 12.5. The molecule has 0 heterocycles. The number of ether oxygens (including phenoxy) is 2. The quantitative estimate of drug-likeness (QED) is 0.776. The average molecular weight is 369 g/mol. The van der Waals surface area contributed by atoms with Gasteiger partial charge < -0.3 is 20.3 Å². The van der Waals surface area contributed by atoms with Gasteiger partial charge in [-0.25, -0.2) is 0 Å². The third-order valence-electron chi connectivity index (χ3n) is 3.66. The van der Waals surface area contributed by atoms with Crippen molar-refractivity contribution in [2.75, 3.05) is 7.11 Å². The molecular weight excluding hydrogens is 351 g/mol. The summed E-state index contributed by atoms with van der Waals surface area (Å²) in [5.74, 6) is -0.396. The van der Waals surface area contributed by atoms with Crippen LogP contribution in [-0.4, -0.2) is 18.2 Å². The van der Waals surface area contributed by atoms with E-state index in [-0.39, 0.29) is 13.0 Å². The van der Waals surface area contributed by atoms with Crippen LogP contribution in [0.2, 0.25) is 0 Å². The van der Waals surface area contributed by atoms with Crippen molar-refractivity contribution in [3.05, 3.63) is 59.2 Å². The number of rotatable bonds is 7. The largest absolute Gasteiger partial charge is 0.493 e. The molecule has 0 aliphatic carbocycles. The summed E-state index contributed by atoms with van der Waals surface area (Å²) in [6, 6.07) is 8.83. The molecule has 26 heavy (non-hydrogen) atoms. The number of aliphatic carboxylic acids is 1. The Bertz CT molecular complexity index is 777. The summed E-state index contributed by atoms with van der Waals surface area (Å²) in [6.07, 6.45) is -4.66. The molecule has 8 heteroatoms. The van der Waals surface area contributed by atoms with Crippen LogP contribution in [0.3, 0.4) is 0 Å². The summed E-state index contributed by atoms with van der Waals surface area (Å²) in [5.41, 5.74) is 5.97. The van der Waals surface area contributed by atoms with Gasteiger partial charge in [-0.1, -0.05) is 18.2 Å². The molecule has 140 valence electrons. The number of carboxylic acid groups (broad SMARTS) is 1. The third-order valence-corrected chi connectivity index (χ3v) is 3.66. The number of alkyl halides is 3. The van der Waals surface area contributed by atoms with Crippen molar-refractivity contribution in [1.29, 1.82) is 0 Å². The summed E-state index contributed by atoms with van der Waals surface area (Å²) < 4.78 is 49.0. The first-order chi connectivity index (χ1) is 12.2. The molecule has 0 unspecified atom stereocenters. The van der Waals surface area contributed by atoms with Gasteiger partial charge >= 0.3 is 12.1 Å². The van der Waals surface area contributed by atoms with Gasteiger partial charge in [-0.15, -0.1) is 0 Å². The molecule has 0 saturated heterocycles. The zero-order chi connectivity index (χ0) is 19.3. The van der Waals surface area contributed by atoms with Crippen LogP contribution in [0.25, 0.3) is 0 Å². The fraction of sp³-hybridized carbons (Fsp3) is 0.278. The molecule has 0 radical (unpaired) electrons. The summed E-state index contributed by atoms with van der Waals surface area (Å²) in [7, 11) is 1.40. The van der Waals surface area contributed by atoms with Crippen LogP contribution in [0.1, 0.15) is 29.2 Å². The standard InChI is InChI=1S/C18H18F3NO4/c1-25-16-8-12(14(22)9-17(23)24)5-6-15(16)26-10-11-3-2-4-13(7-11)18(19,20)21/h2-8,14H,9-10,22H2,1H3,(H,23,24)/t14-/m1/s1. The molecule has 0 aliphatic rings. The first-order valence-corrected chi connectivity index (χ1v) is 7.65. The van der Waals surface area contributed by atoms with Crippen LogP contribution in [0, 0.1) is 0 Å². The SMILES string of the molecule is COc1cc([C@H](N)CC(=O)O)ccc1OCc1cccc(C(F)(F)F)c1. The van der Waals surface area contributed by atoms with Crippen molar-refractivity contribution in [2.24, 2.45) is 5.73 Å². The van der Waals surface area contributed by atoms with E-state index < -0.39 is 23.8 Å². The smallest absolute Gasteiger partial charge is 0.416 e. The molecule has 2 rings (SSSR count). The summed E-state index contributed by atoms with van der Waals surface area (Å²) >= 11 is 0. The second-order valence-electron chi connectivity index (χ2n) is 5.60. The molecule has 0 bridgehead atoms. The van der Waals surface area contributed by atoms with E-state index in [1.54, 1.807) is 18.2 Å². The lowest BCUT2D eigenvalue weighted by Gasteiger charge is -2.15. The van der Waals surface area contributed by atoms with E-state index in [1.807, 2.05) is 0 Å². The lowest BCUT2D eigenvalue weighted by Crippen LogP contribution is -2.15. The molecule has 0 amide bonds. The van der Waals surface area contributed by atoms with E-state index in [0.29, 0.717) is 22.6 Å². The minimum absolute atomic E-state index is 0.0825. The number of carbonyl (C=O) groups is 1. The summed E-state index contributed by atoms with van der Waals surface area (Å²) in [6.45, 7) is -0.0825. The number of hydrogen-bond donors (Lipinski definition) is 2. The van der Waals surface area contributed by atoms with Crippen molar-refractivity contribution in [3.63, 3.8) is 0 Å². The summed E-state index contributed by atoms with van der Waals surface area (Å²) in [5, 5.41) is 8.80. The maximum Gasteiger partial charge on any atom is 0.416 e. The maximum atomic E-state index is 12.7. The van der Waals surface area contributed by atoms with Gasteiger partial charge in [0, 0.05) is 6.04 Å². The Morgan fingerprint density at radius 1 is 1.19 bits per heavy atom. The Morgan fingerprint density at radius 3 is 2.54 bits per heavy atom. The van der Waals surface area contributed by atoms with Gasteiger partial charge in [0.15, 0.2) is 11.5 Å². The highest BCUT2D eigenvalue weighted by molar-refractivity contribution is 5.68. The highest BCUT2D eigenvalue weighted by atomic mass is 19.4. The molecule has 0 spiro atoms. The van der Waals surface area contributed by atoms with Gasteiger partial charge in [-0.2, -0.15) is 13.2 Å². The zero-order valence-electron chi connectivity index (χ0n) is 13.9. The van der Waals surface area contributed by atoms with Crippen molar-refractivity contribution in [2.45, 2.75) is 25.2 Å². The van der Waals surface area contributed by atoms with Crippen LogP contribution in [0.15, 0.2) is 42.5 Å². The van der Waals surface area contributed by atoms with Crippen molar-refractivity contribution < 1.29 is 32.5 Å². The topological polar surface area (TPSA) is 81.8 Å². The van der Waals surface area contributed by atoms with Crippen molar-refractivity contribution in [1.82, 2.24) is 0 Å². The lowest BCUT2D eigenvalue weighted by molar-refractivity contribution is -0.138. The Labute approximate surface area is 148 Å². The number of benzene rings is 2. The van der Waals surface area contributed by atoms with Gasteiger partial charge in [0.05, 0.1) is 19.1 Å². The van der Waals surface area contributed by atoms with Gasteiger partial charge in [0.25, 0.3) is 0 Å². The van der Waals surface area contributed by atoms with E-state index in [4.69, 9.17) is 20.3 Å². The number of halogens is 3. The highest BCUT2D eigenvalue weighted by Gasteiger charge is 2.30. The minimum atomic E-state index is -4.42. The predicted molar refractivity (Wildman–Crippen MR) is 88.0 cm³/mol. The van der Waals surface area contributed by atoms with Gasteiger partial charge in [0.2, 0.25) is 0 Å². The van der Waals surface area contributed by atoms with Gasteiger partial charge in [-0.05, 0) is 35.4 Å². The molecule has 0 saturated carbocycles. The monoisotopic (exact) mass is 369 g/mol. The highest BCUT2D eigenvalue weighted by Crippen LogP contribution is 2.32. The summed E-state index contributed by atoms with van der Waals surface area (Å²) in [4.78, 5) is 10.7. The number of hydrogen-bond acceptors (Lipinski definition) is 4. The molecule has 5 nitrogen and oxygen atoms in total. The molecule has 0 aliphatic heterocycles. The van der Waals surface area contributed by atoms with Gasteiger partial charge in [0.1, 0.15) is 6.61 Å². The molecule has 2 aromatic rings. The predicted octanol–water partition coefficient (Wildman–Crippen LogP) is 3.77. The first-order valence-electron chi connectivity index (χ1n) is 7.65. The van der Waals surface area contributed by atoms with Crippen molar-refractivity contribution >= 4 is 5.97 Å². The minimum Gasteiger partial charge on any atom is -0.493 e. The fourth-order valence-electron chi connectivity index (χ4n) is 2.34. The number of nitrogens with two attached hydrogens (primary N) is 1. The van der Waals surface area contributed by atoms with Crippen LogP contribution in [-0.2, 0) is 17.6 Å². The lowest BCUT2D eigenvalue weighted by atomic mass is 10.0. The Morgan fingerprint density at radius 2 is 1.92 bits per heavy atom. The van der Waals surface area contributed by atoms with E-state index in [2.05, 4.69) is 0 Å². The van der Waals surface area contributed by atoms with E-state index in [9.17, 15) is 18.0 Å². The van der Waals surface area contributed by atoms with E-state index in [1.165, 1.54) is 19.2 Å². The second-order valence-corrected chi connectivity index (χ2v) is 5.60. The molecule has 0 fully saturated rings. The van der Waals surface area contributed by atoms with E-state index in [0.717, 1.165) is 12.1 Å². The number of carboxylic acids is 1. The van der Waals surface area contributed by atoms with E-state index >= 15 is 0 Å². The Balaban J connectivity index is 2.13. The molecule has 3 N–H and O–H groups in total. The molecule has 1 atom stereocenters. The van der Waals surface area contributed by atoms with Crippen LogP contribution in [0.5, 0.6) is 11.5 Å². The number of methoxy groups -OCH3 is 1. The van der Waals surface area contributed by atoms with Crippen LogP contribution < -0.4 is 15.2 Å². The first kappa shape index (κ1) is 19.6. The van der Waals surface area contributed by atoms with Crippen LogP contribution in [0.4, 0.5) is 13.2 Å². The third kappa shape index (κ3) is 5.13. The van der Waals surface area contributed by atoms with Crippen LogP contribution >= 0.6 is 0 Å². The van der Waals surface area contributed by atoms with Crippen molar-refractivity contribution in [3.8, 4) is 11.5 Å². The zero-order valence-corrected chi connectivity index (χ0v) is 13.9. The maximum absolute atomic E-state index is 12.7. The Hall–Kier alpha value is -2.74. The second kappa shape index (κ2) is 8.09. The Kier molecular flexibility index (Phi) is 6.10. The molecule has 2 aromatic carbocycles. The molecule has 0 aromatic heterocycles. The van der Waals surface area contributed by atoms with Gasteiger partial charge in [-0.3, -0.25) is 4.79 Å².